The van der Waals surface area contributed by atoms with Crippen molar-refractivity contribution in [1.82, 2.24) is 5.32 Å². The Hall–Kier alpha value is -2.04. The van der Waals surface area contributed by atoms with E-state index >= 15 is 0 Å². The van der Waals surface area contributed by atoms with Crippen molar-refractivity contribution in [2.24, 2.45) is 0 Å². The predicted molar refractivity (Wildman–Crippen MR) is 102 cm³/mol. The normalized spacial score (nSPS) is 23.2. The van der Waals surface area contributed by atoms with Crippen molar-refractivity contribution in [1.29, 1.82) is 0 Å². The van der Waals surface area contributed by atoms with Crippen LogP contribution in [0.1, 0.15) is 19.3 Å². The zero-order chi connectivity index (χ0) is 17.5. The summed E-state index contributed by atoms with van der Waals surface area (Å²) in [7, 11) is 2.09. The summed E-state index contributed by atoms with van der Waals surface area (Å²) in [4.78, 5) is 2.22. The molecule has 0 spiro atoms. The Kier molecular flexibility index (Phi) is 6.31. The lowest BCUT2D eigenvalue weighted by atomic mass is 9.90. The number of hydrogen-bond donors (Lipinski definition) is 2. The van der Waals surface area contributed by atoms with Crippen LogP contribution in [-0.2, 0) is 0 Å². The van der Waals surface area contributed by atoms with Gasteiger partial charge in [-0.25, -0.2) is 0 Å². The topological polar surface area (TPSA) is 44.7 Å². The van der Waals surface area contributed by atoms with Gasteiger partial charge in [-0.2, -0.15) is 0 Å². The largest absolute Gasteiger partial charge is 0.488 e. The molecule has 0 aromatic heterocycles. The molecule has 1 aliphatic rings. The highest BCUT2D eigenvalue weighted by Crippen LogP contribution is 2.24. The van der Waals surface area contributed by atoms with E-state index in [1.54, 1.807) is 0 Å². The molecule has 4 nitrogen and oxygen atoms in total. The quantitative estimate of drug-likeness (QED) is 0.813. The molecule has 134 valence electrons. The lowest BCUT2D eigenvalue weighted by molar-refractivity contribution is -0.0150. The molecule has 3 atom stereocenters. The van der Waals surface area contributed by atoms with Crippen LogP contribution in [0.3, 0.4) is 0 Å². The number of para-hydroxylation sites is 2. The molecule has 0 aliphatic heterocycles. The van der Waals surface area contributed by atoms with Gasteiger partial charge in [0.2, 0.25) is 0 Å². The Balaban J connectivity index is 1.47. The van der Waals surface area contributed by atoms with Crippen LogP contribution in [0.25, 0.3) is 0 Å². The van der Waals surface area contributed by atoms with Gasteiger partial charge >= 0.3 is 0 Å². The molecular formula is C21H28N2O2. The van der Waals surface area contributed by atoms with Crippen molar-refractivity contribution >= 4 is 5.69 Å². The highest BCUT2D eigenvalue weighted by atomic mass is 16.5. The number of aliphatic hydroxyl groups excluding tert-OH is 1. The Morgan fingerprint density at radius 3 is 2.44 bits per heavy atom. The van der Waals surface area contributed by atoms with E-state index in [-0.39, 0.29) is 12.1 Å². The molecule has 25 heavy (non-hydrogen) atoms. The molecule has 4 heteroatoms. The third-order valence-corrected chi connectivity index (χ3v) is 4.88. The SMILES string of the molecule is CN(CCN[C@H]1CCC[C@@H](Oc2ccccc2)[C@@H]1O)c1ccccc1. The zero-order valence-corrected chi connectivity index (χ0v) is 14.8. The summed E-state index contributed by atoms with van der Waals surface area (Å²) in [6, 6.07) is 20.2. The van der Waals surface area contributed by atoms with Crippen LogP contribution in [0.5, 0.6) is 5.75 Å². The predicted octanol–water partition coefficient (Wildman–Crippen LogP) is 3.07. The molecule has 0 unspecified atom stereocenters. The number of ether oxygens (including phenoxy) is 1. The fourth-order valence-electron chi connectivity index (χ4n) is 3.39. The van der Waals surface area contributed by atoms with Crippen LogP contribution in [0.2, 0.25) is 0 Å². The number of aliphatic hydroxyl groups is 1. The van der Waals surface area contributed by atoms with Crippen molar-refractivity contribution in [3.8, 4) is 5.75 Å². The van der Waals surface area contributed by atoms with Crippen LogP contribution in [-0.4, -0.2) is 43.5 Å². The second-order valence-corrected chi connectivity index (χ2v) is 6.71. The van der Waals surface area contributed by atoms with Gasteiger partial charge < -0.3 is 20.1 Å². The van der Waals surface area contributed by atoms with E-state index in [4.69, 9.17) is 4.74 Å². The van der Waals surface area contributed by atoms with E-state index in [9.17, 15) is 5.11 Å². The molecule has 0 radical (unpaired) electrons. The summed E-state index contributed by atoms with van der Waals surface area (Å²) in [5.74, 6) is 0.830. The van der Waals surface area contributed by atoms with Crippen LogP contribution in [0, 0.1) is 0 Å². The lowest BCUT2D eigenvalue weighted by Crippen LogP contribution is -2.52. The third kappa shape index (κ3) is 4.97. The summed E-state index contributed by atoms with van der Waals surface area (Å²) in [6.07, 6.45) is 2.35. The number of nitrogens with zero attached hydrogens (tertiary/aromatic N) is 1. The summed E-state index contributed by atoms with van der Waals surface area (Å²) < 4.78 is 5.99. The molecule has 0 bridgehead atoms. The number of likely N-dealkylation sites (N-methyl/N-ethyl adjacent to an activating group) is 1. The standard InChI is InChI=1S/C21H28N2O2/c1-23(17-9-4-2-5-10-17)16-15-22-19-13-8-14-20(21(19)24)25-18-11-6-3-7-12-18/h2-7,9-12,19-22,24H,8,13-16H2,1H3/t19-,20+,21+/m0/s1. The second kappa shape index (κ2) is 8.88. The van der Waals surface area contributed by atoms with Crippen molar-refractivity contribution in [3.05, 3.63) is 60.7 Å². The zero-order valence-electron chi connectivity index (χ0n) is 14.8. The van der Waals surface area contributed by atoms with Crippen LogP contribution < -0.4 is 15.0 Å². The van der Waals surface area contributed by atoms with E-state index < -0.39 is 6.10 Å². The molecule has 0 heterocycles. The Morgan fingerprint density at radius 1 is 1.04 bits per heavy atom. The van der Waals surface area contributed by atoms with Gasteiger partial charge in [0, 0.05) is 31.9 Å². The van der Waals surface area contributed by atoms with Crippen molar-refractivity contribution in [3.63, 3.8) is 0 Å². The number of anilines is 1. The summed E-state index contributed by atoms with van der Waals surface area (Å²) in [5, 5.41) is 14.2. The molecule has 0 saturated heterocycles. The summed E-state index contributed by atoms with van der Waals surface area (Å²) in [6.45, 7) is 1.74. The summed E-state index contributed by atoms with van der Waals surface area (Å²) in [5.41, 5.74) is 1.21. The first-order valence-electron chi connectivity index (χ1n) is 9.13. The number of nitrogens with one attached hydrogen (secondary N) is 1. The first-order valence-corrected chi connectivity index (χ1v) is 9.13. The smallest absolute Gasteiger partial charge is 0.126 e. The fourth-order valence-corrected chi connectivity index (χ4v) is 3.39. The molecule has 0 amide bonds. The van der Waals surface area contributed by atoms with Gasteiger partial charge in [-0.1, -0.05) is 36.4 Å². The molecule has 1 saturated carbocycles. The van der Waals surface area contributed by atoms with Gasteiger partial charge in [-0.15, -0.1) is 0 Å². The average Bonchev–Trinajstić information content (AvgIpc) is 2.66. The molecule has 1 aliphatic carbocycles. The third-order valence-electron chi connectivity index (χ3n) is 4.88. The monoisotopic (exact) mass is 340 g/mol. The summed E-state index contributed by atoms with van der Waals surface area (Å²) >= 11 is 0. The van der Waals surface area contributed by atoms with E-state index in [1.165, 1.54) is 5.69 Å². The Morgan fingerprint density at radius 2 is 1.72 bits per heavy atom. The van der Waals surface area contributed by atoms with Gasteiger partial charge in [-0.05, 0) is 43.5 Å². The van der Waals surface area contributed by atoms with Crippen LogP contribution in [0.15, 0.2) is 60.7 Å². The highest BCUT2D eigenvalue weighted by molar-refractivity contribution is 5.44. The minimum absolute atomic E-state index is 0.0895. The van der Waals surface area contributed by atoms with Gasteiger partial charge in [0.1, 0.15) is 18.0 Å². The average molecular weight is 340 g/mol. The van der Waals surface area contributed by atoms with Crippen LogP contribution in [0.4, 0.5) is 5.69 Å². The van der Waals surface area contributed by atoms with Crippen molar-refractivity contribution < 1.29 is 9.84 Å². The van der Waals surface area contributed by atoms with Gasteiger partial charge in [0.15, 0.2) is 0 Å². The minimum Gasteiger partial charge on any atom is -0.488 e. The van der Waals surface area contributed by atoms with E-state index in [1.807, 2.05) is 36.4 Å². The van der Waals surface area contributed by atoms with Crippen molar-refractivity contribution in [2.75, 3.05) is 25.0 Å². The van der Waals surface area contributed by atoms with Gasteiger partial charge in [-0.3, -0.25) is 0 Å². The van der Waals surface area contributed by atoms with E-state index in [2.05, 4.69) is 41.5 Å². The molecule has 2 aromatic carbocycles. The number of rotatable bonds is 7. The fraction of sp³-hybridized carbons (Fsp3) is 0.429. The molecule has 1 fully saturated rings. The second-order valence-electron chi connectivity index (χ2n) is 6.71. The molecule has 3 rings (SSSR count). The Bertz CT molecular complexity index is 620. The minimum atomic E-state index is -0.476. The Labute approximate surface area is 150 Å². The van der Waals surface area contributed by atoms with Crippen molar-refractivity contribution in [2.45, 2.75) is 37.5 Å². The number of hydrogen-bond acceptors (Lipinski definition) is 4. The maximum atomic E-state index is 10.7. The first-order chi connectivity index (χ1) is 12.2. The van der Waals surface area contributed by atoms with Gasteiger partial charge in [0.25, 0.3) is 0 Å². The molecule has 2 N–H and O–H groups in total. The maximum Gasteiger partial charge on any atom is 0.126 e. The van der Waals surface area contributed by atoms with E-state index in [0.29, 0.717) is 0 Å². The van der Waals surface area contributed by atoms with E-state index in [0.717, 1.165) is 38.1 Å². The highest BCUT2D eigenvalue weighted by Gasteiger charge is 2.32. The molecule has 2 aromatic rings. The first kappa shape index (κ1) is 17.8. The van der Waals surface area contributed by atoms with Crippen LogP contribution >= 0.6 is 0 Å². The van der Waals surface area contributed by atoms with Gasteiger partial charge in [0.05, 0.1) is 0 Å². The maximum absolute atomic E-state index is 10.7. The lowest BCUT2D eigenvalue weighted by Gasteiger charge is -2.35. The number of benzene rings is 2. The molecular weight excluding hydrogens is 312 g/mol.